The third-order valence-corrected chi connectivity index (χ3v) is 5.40. The van der Waals surface area contributed by atoms with Gasteiger partial charge in [0.1, 0.15) is 0 Å². The molecule has 0 aliphatic carbocycles. The van der Waals surface area contributed by atoms with E-state index in [1.807, 2.05) is 0 Å². The van der Waals surface area contributed by atoms with Crippen molar-refractivity contribution in [1.29, 1.82) is 0 Å². The third kappa shape index (κ3) is 6.48. The molecule has 1 aliphatic heterocycles. The van der Waals surface area contributed by atoms with Gasteiger partial charge in [0.2, 0.25) is 0 Å². The van der Waals surface area contributed by atoms with E-state index in [1.165, 1.54) is 26.7 Å². The topological polar surface area (TPSA) is 98.8 Å². The van der Waals surface area contributed by atoms with E-state index in [4.69, 9.17) is 0 Å². The van der Waals surface area contributed by atoms with Crippen molar-refractivity contribution in [2.45, 2.75) is 23.9 Å². The highest BCUT2D eigenvalue weighted by molar-refractivity contribution is 7.90. The Morgan fingerprint density at radius 2 is 1.31 bits per heavy atom. The Morgan fingerprint density at radius 1 is 0.808 bits per heavy atom. The average molecular weight is 434 g/mol. The van der Waals surface area contributed by atoms with Gasteiger partial charge in [0, 0.05) is 25.5 Å². The lowest BCUT2D eigenvalue weighted by atomic mass is 10.3. The minimum atomic E-state index is -5.45. The van der Waals surface area contributed by atoms with Crippen LogP contribution in [0.4, 0.5) is 26.3 Å². The SMILES string of the molecule is O=S(=O)(NCCCCN1C=CN(CNS(=O)(=O)C(F)(F)F)C1)C(F)(F)F. The summed E-state index contributed by atoms with van der Waals surface area (Å²) in [5.41, 5.74) is -10.8. The highest BCUT2D eigenvalue weighted by Gasteiger charge is 2.46. The fraction of sp³-hybridized carbons (Fsp3) is 0.800. The lowest BCUT2D eigenvalue weighted by Gasteiger charge is -2.21. The monoisotopic (exact) mass is 434 g/mol. The molecule has 0 aromatic rings. The van der Waals surface area contributed by atoms with Crippen LogP contribution in [0.5, 0.6) is 0 Å². The minimum Gasteiger partial charge on any atom is -0.359 e. The first kappa shape index (κ1) is 22.8. The molecule has 26 heavy (non-hydrogen) atoms. The largest absolute Gasteiger partial charge is 0.511 e. The second kappa shape index (κ2) is 8.18. The van der Waals surface area contributed by atoms with Crippen LogP contribution in [0, 0.1) is 0 Å². The summed E-state index contributed by atoms with van der Waals surface area (Å²) in [5, 5.41) is 0. The molecule has 1 rings (SSSR count). The molecule has 0 radical (unpaired) electrons. The number of sulfonamides is 2. The van der Waals surface area contributed by atoms with Crippen LogP contribution in [0.25, 0.3) is 0 Å². The van der Waals surface area contributed by atoms with Gasteiger partial charge in [-0.1, -0.05) is 0 Å². The predicted octanol–water partition coefficient (Wildman–Crippen LogP) is 0.649. The molecular weight excluding hydrogens is 418 g/mol. The molecule has 0 aromatic heterocycles. The Bertz CT molecular complexity index is 704. The first-order chi connectivity index (χ1) is 11.7. The van der Waals surface area contributed by atoms with Gasteiger partial charge >= 0.3 is 31.1 Å². The van der Waals surface area contributed by atoms with Crippen LogP contribution in [0.15, 0.2) is 12.4 Å². The predicted molar refractivity (Wildman–Crippen MR) is 77.7 cm³/mol. The fourth-order valence-electron chi connectivity index (χ4n) is 1.74. The normalized spacial score (nSPS) is 16.5. The number of rotatable bonds is 9. The summed E-state index contributed by atoms with van der Waals surface area (Å²) in [6.07, 6.45) is 3.19. The molecular formula is C10H16F6N4O4S2. The highest BCUT2D eigenvalue weighted by atomic mass is 32.2. The second-order valence-electron chi connectivity index (χ2n) is 5.14. The molecule has 0 spiro atoms. The fourth-order valence-corrected chi connectivity index (χ4v) is 2.82. The molecule has 0 bridgehead atoms. The summed E-state index contributed by atoms with van der Waals surface area (Å²) >= 11 is 0. The standard InChI is InChI=1S/C10H16F6N4O4S2/c11-9(12,13)25(21,22)17-3-1-2-4-19-5-6-20(8-19)7-18-26(23,24)10(14,15)16/h5-6,17-18H,1-4,7-8H2. The van der Waals surface area contributed by atoms with Crippen LogP contribution < -0.4 is 9.44 Å². The van der Waals surface area contributed by atoms with Gasteiger partial charge in [-0.2, -0.15) is 31.1 Å². The van der Waals surface area contributed by atoms with Crippen molar-refractivity contribution < 1.29 is 43.2 Å². The summed E-state index contributed by atoms with van der Waals surface area (Å²) in [6.45, 7) is -0.684. The van der Waals surface area contributed by atoms with Crippen molar-refractivity contribution in [2.75, 3.05) is 26.4 Å². The summed E-state index contributed by atoms with van der Waals surface area (Å²) < 4.78 is 119. The van der Waals surface area contributed by atoms with Crippen LogP contribution in [-0.2, 0) is 20.0 Å². The zero-order valence-electron chi connectivity index (χ0n) is 13.0. The third-order valence-electron chi connectivity index (χ3n) is 3.08. The Balaban J connectivity index is 2.26. The zero-order valence-corrected chi connectivity index (χ0v) is 14.6. The smallest absolute Gasteiger partial charge is 0.359 e. The number of nitrogens with zero attached hydrogens (tertiary/aromatic N) is 2. The lowest BCUT2D eigenvalue weighted by Crippen LogP contribution is -2.42. The van der Waals surface area contributed by atoms with E-state index in [-0.39, 0.29) is 19.6 Å². The molecule has 1 aliphatic rings. The van der Waals surface area contributed by atoms with E-state index in [9.17, 15) is 43.2 Å². The number of hydrogen-bond acceptors (Lipinski definition) is 6. The van der Waals surface area contributed by atoms with E-state index < -0.39 is 44.3 Å². The van der Waals surface area contributed by atoms with Crippen LogP contribution in [0.3, 0.4) is 0 Å². The van der Waals surface area contributed by atoms with E-state index in [0.717, 1.165) is 0 Å². The van der Waals surface area contributed by atoms with Gasteiger partial charge in [0.15, 0.2) is 0 Å². The molecule has 0 atom stereocenters. The summed E-state index contributed by atoms with van der Waals surface area (Å²) in [7, 11) is -10.8. The van der Waals surface area contributed by atoms with Gasteiger partial charge in [0.25, 0.3) is 0 Å². The maximum absolute atomic E-state index is 12.2. The molecule has 1 heterocycles. The van der Waals surface area contributed by atoms with E-state index >= 15 is 0 Å². The van der Waals surface area contributed by atoms with Gasteiger partial charge in [-0.25, -0.2) is 21.6 Å². The van der Waals surface area contributed by atoms with Gasteiger partial charge in [-0.15, -0.1) is 0 Å². The number of hydrogen-bond donors (Lipinski definition) is 2. The molecule has 0 saturated carbocycles. The van der Waals surface area contributed by atoms with Crippen LogP contribution in [0.1, 0.15) is 12.8 Å². The lowest BCUT2D eigenvalue weighted by molar-refractivity contribution is -0.0455. The van der Waals surface area contributed by atoms with Gasteiger partial charge in [0.05, 0.1) is 13.3 Å². The van der Waals surface area contributed by atoms with Crippen molar-refractivity contribution in [3.63, 3.8) is 0 Å². The van der Waals surface area contributed by atoms with E-state index in [2.05, 4.69) is 0 Å². The highest BCUT2D eigenvalue weighted by Crippen LogP contribution is 2.22. The number of halogens is 6. The molecule has 0 saturated heterocycles. The minimum absolute atomic E-state index is 0.0641. The molecule has 2 N–H and O–H groups in total. The molecule has 0 amide bonds. The Kier molecular flexibility index (Phi) is 7.17. The van der Waals surface area contributed by atoms with Crippen molar-refractivity contribution in [3.05, 3.63) is 12.4 Å². The van der Waals surface area contributed by atoms with E-state index in [1.54, 1.807) is 4.90 Å². The van der Waals surface area contributed by atoms with Crippen molar-refractivity contribution in [2.24, 2.45) is 0 Å². The molecule has 0 unspecified atom stereocenters. The zero-order chi connectivity index (χ0) is 20.2. The van der Waals surface area contributed by atoms with Crippen LogP contribution in [-0.4, -0.2) is 64.1 Å². The van der Waals surface area contributed by atoms with Crippen molar-refractivity contribution >= 4 is 20.0 Å². The Hall–Kier alpha value is -1.26. The molecule has 154 valence electrons. The van der Waals surface area contributed by atoms with E-state index in [0.29, 0.717) is 6.42 Å². The number of alkyl halides is 6. The molecule has 0 aromatic carbocycles. The summed E-state index contributed by atoms with van der Waals surface area (Å²) in [5.74, 6) is 0. The molecule has 0 fully saturated rings. The molecule has 8 nitrogen and oxygen atoms in total. The maximum Gasteiger partial charge on any atom is 0.511 e. The van der Waals surface area contributed by atoms with Gasteiger partial charge in [-0.05, 0) is 12.8 Å². The maximum atomic E-state index is 12.2. The van der Waals surface area contributed by atoms with Gasteiger partial charge in [-0.3, -0.25) is 0 Å². The second-order valence-corrected chi connectivity index (χ2v) is 8.66. The summed E-state index contributed by atoms with van der Waals surface area (Å²) in [6, 6.07) is 0. The Labute approximate surface area is 145 Å². The number of unbranched alkanes of at least 4 members (excludes halogenated alkanes) is 1. The Morgan fingerprint density at radius 3 is 1.85 bits per heavy atom. The van der Waals surface area contributed by atoms with Crippen LogP contribution in [0.2, 0.25) is 0 Å². The quantitative estimate of drug-likeness (QED) is 0.409. The van der Waals surface area contributed by atoms with Crippen molar-refractivity contribution in [3.8, 4) is 0 Å². The first-order valence-corrected chi connectivity index (χ1v) is 9.91. The summed E-state index contributed by atoms with van der Waals surface area (Å²) in [4.78, 5) is 2.80. The van der Waals surface area contributed by atoms with Gasteiger partial charge < -0.3 is 9.80 Å². The number of nitrogens with one attached hydrogen (secondary N) is 2. The van der Waals surface area contributed by atoms with Crippen molar-refractivity contribution in [1.82, 2.24) is 19.2 Å². The molecule has 16 heteroatoms. The first-order valence-electron chi connectivity index (χ1n) is 6.94. The van der Waals surface area contributed by atoms with Crippen LogP contribution >= 0.6 is 0 Å². The average Bonchev–Trinajstić information content (AvgIpc) is 2.90.